The number of carbonyl (C=O) groups excluding carboxylic acids is 1. The van der Waals surface area contributed by atoms with Crippen molar-refractivity contribution in [3.63, 3.8) is 0 Å². The Morgan fingerprint density at radius 1 is 1.23 bits per heavy atom. The van der Waals surface area contributed by atoms with Crippen LogP contribution in [-0.4, -0.2) is 30.6 Å². The van der Waals surface area contributed by atoms with Gasteiger partial charge in [-0.3, -0.25) is 4.79 Å². The summed E-state index contributed by atoms with van der Waals surface area (Å²) in [6.07, 6.45) is 0.0356. The molecule has 26 heavy (non-hydrogen) atoms. The molecule has 1 aliphatic rings. The summed E-state index contributed by atoms with van der Waals surface area (Å²) in [5.74, 6) is -0.637. The number of nitrogens with one attached hydrogen (secondary N) is 3. The number of hydrogen-bond acceptors (Lipinski definition) is 3. The van der Waals surface area contributed by atoms with E-state index in [2.05, 4.69) is 15.6 Å². The minimum atomic E-state index is -0.333. The van der Waals surface area contributed by atoms with Gasteiger partial charge in [0.15, 0.2) is 0 Å². The van der Waals surface area contributed by atoms with Crippen molar-refractivity contribution < 1.29 is 13.9 Å². The molecule has 2 aromatic carbocycles. The van der Waals surface area contributed by atoms with Crippen LogP contribution in [0.2, 0.25) is 0 Å². The molecule has 1 aromatic heterocycles. The number of aromatic nitrogens is 1. The van der Waals surface area contributed by atoms with Gasteiger partial charge in [0.2, 0.25) is 0 Å². The summed E-state index contributed by atoms with van der Waals surface area (Å²) in [5, 5.41) is 6.54. The second-order valence-electron chi connectivity index (χ2n) is 6.53. The number of anilines is 1. The van der Waals surface area contributed by atoms with E-state index in [-0.39, 0.29) is 17.8 Å². The SMILES string of the molecule is Cc1cc(F)c2cc(C(=O)Nc3ccc(C4CNCCO4)cc3)[nH]c2c1. The first-order valence-corrected chi connectivity index (χ1v) is 8.62. The Bertz CT molecular complexity index is 944. The zero-order chi connectivity index (χ0) is 18.1. The van der Waals surface area contributed by atoms with E-state index in [9.17, 15) is 9.18 Å². The summed E-state index contributed by atoms with van der Waals surface area (Å²) in [6.45, 7) is 4.16. The summed E-state index contributed by atoms with van der Waals surface area (Å²) >= 11 is 0. The van der Waals surface area contributed by atoms with Crippen LogP contribution in [0.25, 0.3) is 10.9 Å². The molecule has 1 saturated heterocycles. The van der Waals surface area contributed by atoms with Crippen molar-refractivity contribution in [3.05, 3.63) is 65.1 Å². The molecule has 1 amide bonds. The maximum Gasteiger partial charge on any atom is 0.272 e. The van der Waals surface area contributed by atoms with Gasteiger partial charge >= 0.3 is 0 Å². The highest BCUT2D eigenvalue weighted by Crippen LogP contribution is 2.23. The third kappa shape index (κ3) is 3.34. The number of morpholine rings is 1. The monoisotopic (exact) mass is 353 g/mol. The van der Waals surface area contributed by atoms with Gasteiger partial charge in [-0.1, -0.05) is 12.1 Å². The predicted octanol–water partition coefficient (Wildman–Crippen LogP) is 3.53. The van der Waals surface area contributed by atoms with Crippen LogP contribution in [-0.2, 0) is 4.74 Å². The Balaban J connectivity index is 1.50. The predicted molar refractivity (Wildman–Crippen MR) is 99.0 cm³/mol. The summed E-state index contributed by atoms with van der Waals surface area (Å²) in [5.41, 5.74) is 3.49. The van der Waals surface area contributed by atoms with E-state index in [0.717, 1.165) is 24.2 Å². The van der Waals surface area contributed by atoms with Crippen LogP contribution in [0.1, 0.15) is 27.7 Å². The molecule has 1 fully saturated rings. The molecule has 3 N–H and O–H groups in total. The molecule has 1 atom stereocenters. The molecular formula is C20H20FN3O2. The molecule has 1 unspecified atom stereocenters. The van der Waals surface area contributed by atoms with Gasteiger partial charge in [0.25, 0.3) is 5.91 Å². The molecule has 0 spiro atoms. The maximum atomic E-state index is 14.0. The van der Waals surface area contributed by atoms with Crippen molar-refractivity contribution in [1.82, 2.24) is 10.3 Å². The second kappa shape index (κ2) is 6.90. The Labute approximate surface area is 150 Å². The number of ether oxygens (including phenoxy) is 1. The molecule has 3 aromatic rings. The molecule has 4 rings (SSSR count). The van der Waals surface area contributed by atoms with E-state index >= 15 is 0 Å². The summed E-state index contributed by atoms with van der Waals surface area (Å²) < 4.78 is 19.7. The first kappa shape index (κ1) is 16.8. The van der Waals surface area contributed by atoms with Gasteiger partial charge in [-0.2, -0.15) is 0 Å². The fourth-order valence-electron chi connectivity index (χ4n) is 3.21. The number of carbonyl (C=O) groups is 1. The fourth-order valence-corrected chi connectivity index (χ4v) is 3.21. The molecule has 0 aliphatic carbocycles. The van der Waals surface area contributed by atoms with Crippen LogP contribution in [0.5, 0.6) is 0 Å². The lowest BCUT2D eigenvalue weighted by atomic mass is 10.1. The Morgan fingerprint density at radius 3 is 2.77 bits per heavy atom. The topological polar surface area (TPSA) is 66.2 Å². The smallest absolute Gasteiger partial charge is 0.272 e. The van der Waals surface area contributed by atoms with E-state index < -0.39 is 0 Å². The number of aromatic amines is 1. The first-order valence-electron chi connectivity index (χ1n) is 8.62. The van der Waals surface area contributed by atoms with Crippen molar-refractivity contribution in [2.75, 3.05) is 25.0 Å². The lowest BCUT2D eigenvalue weighted by Gasteiger charge is -2.24. The zero-order valence-electron chi connectivity index (χ0n) is 14.4. The van der Waals surface area contributed by atoms with Crippen LogP contribution < -0.4 is 10.6 Å². The zero-order valence-corrected chi connectivity index (χ0v) is 14.4. The van der Waals surface area contributed by atoms with E-state index in [0.29, 0.717) is 28.9 Å². The number of halogens is 1. The van der Waals surface area contributed by atoms with Crippen molar-refractivity contribution in [3.8, 4) is 0 Å². The molecule has 134 valence electrons. The highest BCUT2D eigenvalue weighted by molar-refractivity contribution is 6.06. The second-order valence-corrected chi connectivity index (χ2v) is 6.53. The fraction of sp³-hybridized carbons (Fsp3) is 0.250. The standard InChI is InChI=1S/C20H20FN3O2/c1-12-8-16(21)15-10-18(24-17(15)9-12)20(25)23-14-4-2-13(3-5-14)19-11-22-6-7-26-19/h2-5,8-10,19,22,24H,6-7,11H2,1H3,(H,23,25). The third-order valence-corrected chi connectivity index (χ3v) is 4.54. The van der Waals surface area contributed by atoms with Gasteiger partial charge in [-0.15, -0.1) is 0 Å². The van der Waals surface area contributed by atoms with Crippen LogP contribution >= 0.6 is 0 Å². The molecular weight excluding hydrogens is 333 g/mol. The lowest BCUT2D eigenvalue weighted by molar-refractivity contribution is 0.0277. The maximum absolute atomic E-state index is 14.0. The first-order chi connectivity index (χ1) is 12.6. The van der Waals surface area contributed by atoms with Crippen molar-refractivity contribution in [2.24, 2.45) is 0 Å². The average Bonchev–Trinajstić information content (AvgIpc) is 3.08. The number of benzene rings is 2. The van der Waals surface area contributed by atoms with Crippen molar-refractivity contribution in [2.45, 2.75) is 13.0 Å². The Morgan fingerprint density at radius 2 is 2.04 bits per heavy atom. The highest BCUT2D eigenvalue weighted by Gasteiger charge is 2.16. The van der Waals surface area contributed by atoms with Gasteiger partial charge < -0.3 is 20.4 Å². The van der Waals surface area contributed by atoms with Gasteiger partial charge in [-0.05, 0) is 48.4 Å². The number of aryl methyl sites for hydroxylation is 1. The molecule has 0 bridgehead atoms. The van der Waals surface area contributed by atoms with Crippen molar-refractivity contribution in [1.29, 1.82) is 0 Å². The Hall–Kier alpha value is -2.70. The van der Waals surface area contributed by atoms with Gasteiger partial charge in [0, 0.05) is 29.7 Å². The van der Waals surface area contributed by atoms with E-state index in [1.807, 2.05) is 37.3 Å². The van der Waals surface area contributed by atoms with E-state index in [4.69, 9.17) is 4.74 Å². The van der Waals surface area contributed by atoms with Crippen LogP contribution in [0.15, 0.2) is 42.5 Å². The van der Waals surface area contributed by atoms with Gasteiger partial charge in [0.1, 0.15) is 11.5 Å². The summed E-state index contributed by atoms with van der Waals surface area (Å²) in [6, 6.07) is 12.4. The molecule has 0 saturated carbocycles. The summed E-state index contributed by atoms with van der Waals surface area (Å²) in [7, 11) is 0. The molecule has 2 heterocycles. The number of rotatable bonds is 3. The van der Waals surface area contributed by atoms with Gasteiger partial charge in [-0.25, -0.2) is 4.39 Å². The minimum absolute atomic E-state index is 0.0356. The van der Waals surface area contributed by atoms with Crippen LogP contribution in [0.3, 0.4) is 0 Å². The molecule has 5 nitrogen and oxygen atoms in total. The molecule has 6 heteroatoms. The average molecular weight is 353 g/mol. The quantitative estimate of drug-likeness (QED) is 0.675. The van der Waals surface area contributed by atoms with Crippen LogP contribution in [0.4, 0.5) is 10.1 Å². The number of hydrogen-bond donors (Lipinski definition) is 3. The highest BCUT2D eigenvalue weighted by atomic mass is 19.1. The largest absolute Gasteiger partial charge is 0.371 e. The number of H-pyrrole nitrogens is 1. The minimum Gasteiger partial charge on any atom is -0.371 e. The van der Waals surface area contributed by atoms with Crippen molar-refractivity contribution >= 4 is 22.5 Å². The Kier molecular flexibility index (Phi) is 4.44. The number of fused-ring (bicyclic) bond motifs is 1. The van der Waals surface area contributed by atoms with Gasteiger partial charge in [0.05, 0.1) is 12.7 Å². The molecule has 0 radical (unpaired) electrons. The van der Waals surface area contributed by atoms with E-state index in [1.54, 1.807) is 0 Å². The third-order valence-electron chi connectivity index (χ3n) is 4.54. The number of amides is 1. The van der Waals surface area contributed by atoms with E-state index in [1.165, 1.54) is 12.1 Å². The molecule has 1 aliphatic heterocycles. The normalized spacial score (nSPS) is 17.4. The lowest BCUT2D eigenvalue weighted by Crippen LogP contribution is -2.33. The van der Waals surface area contributed by atoms with Crippen LogP contribution in [0, 0.1) is 12.7 Å². The summed E-state index contributed by atoms with van der Waals surface area (Å²) in [4.78, 5) is 15.4.